The molecule has 136 valence electrons. The molecule has 0 saturated carbocycles. The Hall–Kier alpha value is -2.47. The molecule has 0 aromatic heterocycles. The minimum Gasteiger partial charge on any atom is -0.378 e. The highest BCUT2D eigenvalue weighted by Gasteiger charge is 2.34. The van der Waals surface area contributed by atoms with Crippen molar-refractivity contribution in [2.75, 3.05) is 11.6 Å². The maximum atomic E-state index is 12.1. The minimum absolute atomic E-state index is 0.0719. The first-order valence-corrected chi connectivity index (χ1v) is 9.68. The second kappa shape index (κ2) is 7.03. The number of hydrogen-bond acceptors (Lipinski definition) is 4. The summed E-state index contributed by atoms with van der Waals surface area (Å²) >= 11 is 1.29. The molecule has 1 heterocycles. The molecule has 1 aliphatic heterocycles. The van der Waals surface area contributed by atoms with Crippen LogP contribution in [0.5, 0.6) is 0 Å². The van der Waals surface area contributed by atoms with E-state index in [9.17, 15) is 9.59 Å². The topological polar surface area (TPSA) is 84.2 Å². The van der Waals surface area contributed by atoms with Crippen molar-refractivity contribution in [3.63, 3.8) is 0 Å². The Balaban J connectivity index is 1.95. The fourth-order valence-corrected chi connectivity index (χ4v) is 3.80. The van der Waals surface area contributed by atoms with Crippen LogP contribution in [0, 0.1) is 0 Å². The molecule has 2 aromatic carbocycles. The monoisotopic (exact) mass is 369 g/mol. The number of nitrogens with two attached hydrogens (primary N) is 1. The lowest BCUT2D eigenvalue weighted by molar-refractivity contribution is 0.0981. The van der Waals surface area contributed by atoms with Crippen LogP contribution >= 0.6 is 11.9 Å². The first-order valence-electron chi connectivity index (χ1n) is 8.46. The van der Waals surface area contributed by atoms with Gasteiger partial charge in [-0.3, -0.25) is 14.3 Å². The number of primary amides is 1. The number of anilines is 1. The first-order chi connectivity index (χ1) is 12.3. The van der Waals surface area contributed by atoms with Gasteiger partial charge < -0.3 is 11.1 Å². The van der Waals surface area contributed by atoms with E-state index in [1.807, 2.05) is 42.7 Å². The highest BCUT2D eigenvalue weighted by Crippen LogP contribution is 2.44. The Kier molecular flexibility index (Phi) is 4.96. The first kappa shape index (κ1) is 18.3. The van der Waals surface area contributed by atoms with Crippen LogP contribution < -0.4 is 15.8 Å². The molecule has 0 aliphatic carbocycles. The van der Waals surface area contributed by atoms with E-state index < -0.39 is 5.91 Å². The zero-order valence-electron chi connectivity index (χ0n) is 15.1. The maximum absolute atomic E-state index is 12.1. The molecular formula is C20H23N3O2S. The molecule has 0 fully saturated rings. The Morgan fingerprint density at radius 2 is 1.96 bits per heavy atom. The third kappa shape index (κ3) is 3.55. The smallest absolute Gasteiger partial charge is 0.261 e. The predicted molar refractivity (Wildman–Crippen MR) is 106 cm³/mol. The molecule has 1 atom stereocenters. The predicted octanol–water partition coefficient (Wildman–Crippen LogP) is 3.63. The molecule has 0 saturated heterocycles. The summed E-state index contributed by atoms with van der Waals surface area (Å²) in [6.45, 7) is 4.35. The van der Waals surface area contributed by atoms with Gasteiger partial charge in [0, 0.05) is 23.1 Å². The molecule has 6 heteroatoms. The zero-order valence-corrected chi connectivity index (χ0v) is 15.9. The van der Waals surface area contributed by atoms with Gasteiger partial charge in [0.05, 0.1) is 6.04 Å². The largest absolute Gasteiger partial charge is 0.378 e. The fraction of sp³-hybridized carbons (Fsp3) is 0.300. The molecule has 2 amide bonds. The quantitative estimate of drug-likeness (QED) is 0.719. The molecular weight excluding hydrogens is 346 g/mol. The van der Waals surface area contributed by atoms with Crippen molar-refractivity contribution < 1.29 is 9.59 Å². The summed E-state index contributed by atoms with van der Waals surface area (Å²) in [5.41, 5.74) is 9.62. The van der Waals surface area contributed by atoms with Crippen molar-refractivity contribution in [3.05, 3.63) is 64.7 Å². The van der Waals surface area contributed by atoms with Crippen LogP contribution in [0.1, 0.15) is 58.2 Å². The summed E-state index contributed by atoms with van der Waals surface area (Å²) in [6.07, 6.45) is 2.67. The molecule has 0 spiro atoms. The number of carbonyl (C=O) groups is 2. The van der Waals surface area contributed by atoms with Crippen LogP contribution in [0.15, 0.2) is 42.5 Å². The maximum Gasteiger partial charge on any atom is 0.261 e. The van der Waals surface area contributed by atoms with Gasteiger partial charge in [-0.25, -0.2) is 0 Å². The van der Waals surface area contributed by atoms with Gasteiger partial charge >= 0.3 is 0 Å². The average molecular weight is 369 g/mol. The molecule has 1 aliphatic rings. The van der Waals surface area contributed by atoms with Crippen molar-refractivity contribution in [3.8, 4) is 0 Å². The third-order valence-corrected chi connectivity index (χ3v) is 5.21. The summed E-state index contributed by atoms with van der Waals surface area (Å²) in [7, 11) is 0. The van der Waals surface area contributed by atoms with Crippen molar-refractivity contribution in [1.29, 1.82) is 0 Å². The van der Waals surface area contributed by atoms with E-state index >= 15 is 0 Å². The Labute approximate surface area is 157 Å². The lowest BCUT2D eigenvalue weighted by Gasteiger charge is -2.39. The van der Waals surface area contributed by atoms with Crippen LogP contribution in [0.2, 0.25) is 0 Å². The number of amides is 2. The lowest BCUT2D eigenvalue weighted by Crippen LogP contribution is -2.32. The van der Waals surface area contributed by atoms with E-state index in [-0.39, 0.29) is 17.4 Å². The number of carbonyl (C=O) groups excluding carboxylic acids is 2. The second-order valence-corrected chi connectivity index (χ2v) is 7.78. The van der Waals surface area contributed by atoms with Gasteiger partial charge in [-0.2, -0.15) is 0 Å². The van der Waals surface area contributed by atoms with Gasteiger partial charge in [0.2, 0.25) is 5.91 Å². The third-order valence-electron chi connectivity index (χ3n) is 4.82. The number of rotatable bonds is 4. The number of benzene rings is 2. The Morgan fingerprint density at radius 3 is 2.65 bits per heavy atom. The van der Waals surface area contributed by atoms with E-state index in [1.54, 1.807) is 6.07 Å². The van der Waals surface area contributed by atoms with Crippen LogP contribution in [0.3, 0.4) is 0 Å². The highest BCUT2D eigenvalue weighted by atomic mass is 32.2. The van der Waals surface area contributed by atoms with E-state index in [4.69, 9.17) is 5.73 Å². The van der Waals surface area contributed by atoms with E-state index in [2.05, 4.69) is 23.9 Å². The Bertz CT molecular complexity index is 864. The number of hydrogen-bond donors (Lipinski definition) is 3. The van der Waals surface area contributed by atoms with E-state index in [1.165, 1.54) is 11.9 Å². The minimum atomic E-state index is -0.424. The standard InChI is InChI=1S/C20H23N3O2S/c1-20(2)11-17(12-5-4-6-13(9-12)18(21)24)22-16-8-7-14(10-15(16)20)19(25)23-26-3/h4-10,17,22H,11H2,1-3H3,(H2,21,24)(H,23,25). The van der Waals surface area contributed by atoms with Gasteiger partial charge in [-0.15, -0.1) is 0 Å². The van der Waals surface area contributed by atoms with Crippen LogP contribution in [-0.2, 0) is 5.41 Å². The molecule has 0 bridgehead atoms. The van der Waals surface area contributed by atoms with Crippen LogP contribution in [0.4, 0.5) is 5.69 Å². The van der Waals surface area contributed by atoms with Crippen molar-refractivity contribution in [2.24, 2.45) is 5.73 Å². The van der Waals surface area contributed by atoms with E-state index in [0.717, 1.165) is 23.2 Å². The number of nitrogens with one attached hydrogen (secondary N) is 2. The van der Waals surface area contributed by atoms with Gasteiger partial charge in [-0.1, -0.05) is 37.9 Å². The van der Waals surface area contributed by atoms with Crippen molar-refractivity contribution in [1.82, 2.24) is 4.72 Å². The van der Waals surface area contributed by atoms with Gasteiger partial charge in [0.15, 0.2) is 0 Å². The normalized spacial score (nSPS) is 17.7. The van der Waals surface area contributed by atoms with E-state index in [0.29, 0.717) is 11.1 Å². The molecule has 4 N–H and O–H groups in total. The summed E-state index contributed by atoms with van der Waals surface area (Å²) in [4.78, 5) is 23.6. The molecule has 1 unspecified atom stereocenters. The fourth-order valence-electron chi connectivity index (χ4n) is 3.49. The molecule has 2 aromatic rings. The molecule has 3 rings (SSSR count). The summed E-state index contributed by atoms with van der Waals surface area (Å²) in [5.74, 6) is -0.515. The SMILES string of the molecule is CSNC(=O)c1ccc2c(c1)C(C)(C)CC(c1cccc(C(N)=O)c1)N2. The van der Waals surface area contributed by atoms with Gasteiger partial charge in [0.1, 0.15) is 0 Å². The molecule has 0 radical (unpaired) electrons. The van der Waals surface area contributed by atoms with Crippen LogP contribution in [0.25, 0.3) is 0 Å². The average Bonchev–Trinajstić information content (AvgIpc) is 2.61. The van der Waals surface area contributed by atoms with Crippen molar-refractivity contribution >= 4 is 29.4 Å². The lowest BCUT2D eigenvalue weighted by atomic mass is 9.73. The summed E-state index contributed by atoms with van der Waals surface area (Å²) in [6, 6.07) is 13.3. The second-order valence-electron chi connectivity index (χ2n) is 7.17. The Morgan fingerprint density at radius 1 is 1.19 bits per heavy atom. The summed E-state index contributed by atoms with van der Waals surface area (Å²) in [5, 5.41) is 3.54. The summed E-state index contributed by atoms with van der Waals surface area (Å²) < 4.78 is 2.76. The van der Waals surface area contributed by atoms with Gasteiger partial charge in [0.25, 0.3) is 5.91 Å². The van der Waals surface area contributed by atoms with Gasteiger partial charge in [-0.05, 0) is 53.3 Å². The number of fused-ring (bicyclic) bond motifs is 1. The molecule has 5 nitrogen and oxygen atoms in total. The highest BCUT2D eigenvalue weighted by molar-refractivity contribution is 7.97. The van der Waals surface area contributed by atoms with Crippen LogP contribution in [-0.4, -0.2) is 18.1 Å². The molecule has 26 heavy (non-hydrogen) atoms. The zero-order chi connectivity index (χ0) is 18.9. The van der Waals surface area contributed by atoms with Crippen molar-refractivity contribution in [2.45, 2.75) is 31.7 Å².